The lowest BCUT2D eigenvalue weighted by Crippen LogP contribution is -2.32. The summed E-state index contributed by atoms with van der Waals surface area (Å²) < 4.78 is 5.19. The van der Waals surface area contributed by atoms with Crippen molar-refractivity contribution in [3.63, 3.8) is 0 Å². The maximum atomic E-state index is 11.6. The Morgan fingerprint density at radius 3 is 2.87 bits per heavy atom. The number of amides is 1. The van der Waals surface area contributed by atoms with Gasteiger partial charge < -0.3 is 14.8 Å². The quantitative estimate of drug-likeness (QED) is 0.775. The van der Waals surface area contributed by atoms with Gasteiger partial charge in [-0.2, -0.15) is 0 Å². The number of nitrogens with one attached hydrogen (secondary N) is 1. The zero-order valence-electron chi connectivity index (χ0n) is 9.12. The Labute approximate surface area is 89.3 Å². The van der Waals surface area contributed by atoms with E-state index in [1.807, 2.05) is 6.92 Å². The van der Waals surface area contributed by atoms with Crippen molar-refractivity contribution in [1.82, 2.24) is 5.32 Å². The highest BCUT2D eigenvalue weighted by molar-refractivity contribution is 5.91. The predicted molar refractivity (Wildman–Crippen MR) is 56.7 cm³/mol. The van der Waals surface area contributed by atoms with Gasteiger partial charge in [-0.05, 0) is 38.8 Å². The number of carbonyl (C=O) groups is 1. The molecule has 15 heavy (non-hydrogen) atoms. The molecule has 0 radical (unpaired) electrons. The highest BCUT2D eigenvalue weighted by Gasteiger charge is 2.12. The lowest BCUT2D eigenvalue weighted by molar-refractivity contribution is 0.0907. The van der Waals surface area contributed by atoms with Crippen molar-refractivity contribution >= 4 is 5.91 Å². The smallest absolute Gasteiger partial charge is 0.287 e. The predicted octanol–water partition coefficient (Wildman–Crippen LogP) is 1.48. The van der Waals surface area contributed by atoms with Gasteiger partial charge in [-0.25, -0.2) is 0 Å². The summed E-state index contributed by atoms with van der Waals surface area (Å²) in [7, 11) is 0. The molecule has 1 rings (SSSR count). The molecule has 1 unspecified atom stereocenters. The highest BCUT2D eigenvalue weighted by Crippen LogP contribution is 2.06. The monoisotopic (exact) mass is 211 g/mol. The second-order valence-electron chi connectivity index (χ2n) is 3.65. The summed E-state index contributed by atoms with van der Waals surface area (Å²) in [6, 6.07) is 3.46. The molecule has 0 saturated carbocycles. The van der Waals surface area contributed by atoms with Crippen LogP contribution >= 0.6 is 0 Å². The normalized spacial score (nSPS) is 12.5. The average molecular weight is 211 g/mol. The minimum absolute atomic E-state index is 0.0510. The third kappa shape index (κ3) is 3.75. The Hall–Kier alpha value is -1.29. The Kier molecular flexibility index (Phi) is 4.37. The molecule has 1 aromatic heterocycles. The van der Waals surface area contributed by atoms with Crippen molar-refractivity contribution in [2.24, 2.45) is 0 Å². The van der Waals surface area contributed by atoms with E-state index in [0.717, 1.165) is 12.2 Å². The van der Waals surface area contributed by atoms with Crippen LogP contribution in [0.5, 0.6) is 0 Å². The summed E-state index contributed by atoms with van der Waals surface area (Å²) in [6.07, 6.45) is 1.46. The second kappa shape index (κ2) is 5.56. The van der Waals surface area contributed by atoms with E-state index < -0.39 is 0 Å². The number of rotatable bonds is 5. The van der Waals surface area contributed by atoms with Gasteiger partial charge in [0.15, 0.2) is 5.76 Å². The maximum absolute atomic E-state index is 11.6. The zero-order chi connectivity index (χ0) is 11.3. The van der Waals surface area contributed by atoms with Crippen molar-refractivity contribution in [2.45, 2.75) is 32.7 Å². The SMILES string of the molecule is Cc1ccc(C(=O)NC(C)CCCO)o1. The van der Waals surface area contributed by atoms with Gasteiger partial charge in [0.1, 0.15) is 5.76 Å². The first-order valence-electron chi connectivity index (χ1n) is 5.11. The van der Waals surface area contributed by atoms with Gasteiger partial charge >= 0.3 is 0 Å². The van der Waals surface area contributed by atoms with Gasteiger partial charge in [0.25, 0.3) is 5.91 Å². The number of hydrogen-bond donors (Lipinski definition) is 2. The fourth-order valence-corrected chi connectivity index (χ4v) is 1.32. The average Bonchev–Trinajstić information content (AvgIpc) is 2.61. The molecule has 0 aromatic carbocycles. The van der Waals surface area contributed by atoms with Gasteiger partial charge in [-0.1, -0.05) is 0 Å². The van der Waals surface area contributed by atoms with Crippen LogP contribution in [-0.2, 0) is 0 Å². The number of hydrogen-bond acceptors (Lipinski definition) is 3. The summed E-state index contributed by atoms with van der Waals surface area (Å²) >= 11 is 0. The molecule has 84 valence electrons. The van der Waals surface area contributed by atoms with E-state index in [9.17, 15) is 4.79 Å². The van der Waals surface area contributed by atoms with E-state index in [1.165, 1.54) is 0 Å². The summed E-state index contributed by atoms with van der Waals surface area (Å²) in [5.74, 6) is 0.861. The molecular formula is C11H17NO3. The third-order valence-corrected chi connectivity index (χ3v) is 2.14. The van der Waals surface area contributed by atoms with Crippen LogP contribution < -0.4 is 5.32 Å². The van der Waals surface area contributed by atoms with Crippen LogP contribution in [0.3, 0.4) is 0 Å². The summed E-state index contributed by atoms with van der Waals surface area (Å²) in [5, 5.41) is 11.4. The minimum atomic E-state index is -0.200. The Bertz CT molecular complexity index is 319. The number of aryl methyl sites for hydroxylation is 1. The third-order valence-electron chi connectivity index (χ3n) is 2.14. The van der Waals surface area contributed by atoms with Gasteiger partial charge in [-0.3, -0.25) is 4.79 Å². The molecule has 0 aliphatic carbocycles. The molecule has 4 nitrogen and oxygen atoms in total. The zero-order valence-corrected chi connectivity index (χ0v) is 9.12. The molecule has 0 saturated heterocycles. The van der Waals surface area contributed by atoms with Gasteiger partial charge in [0.05, 0.1) is 0 Å². The fraction of sp³-hybridized carbons (Fsp3) is 0.545. The lowest BCUT2D eigenvalue weighted by atomic mass is 10.2. The van der Waals surface area contributed by atoms with Gasteiger partial charge in [-0.15, -0.1) is 0 Å². The Balaban J connectivity index is 2.42. The van der Waals surface area contributed by atoms with Crippen LogP contribution in [0, 0.1) is 6.92 Å². The molecule has 0 fully saturated rings. The van der Waals surface area contributed by atoms with Crippen molar-refractivity contribution < 1.29 is 14.3 Å². The Morgan fingerprint density at radius 2 is 2.33 bits per heavy atom. The summed E-state index contributed by atoms with van der Waals surface area (Å²) in [4.78, 5) is 11.6. The van der Waals surface area contributed by atoms with Crippen LogP contribution in [0.15, 0.2) is 16.5 Å². The van der Waals surface area contributed by atoms with Crippen LogP contribution in [0.25, 0.3) is 0 Å². The number of carbonyl (C=O) groups excluding carboxylic acids is 1. The molecule has 0 aliphatic heterocycles. The van der Waals surface area contributed by atoms with E-state index in [-0.39, 0.29) is 18.6 Å². The molecule has 0 aliphatic rings. The topological polar surface area (TPSA) is 62.5 Å². The summed E-state index contributed by atoms with van der Waals surface area (Å²) in [6.45, 7) is 3.86. The minimum Gasteiger partial charge on any atom is -0.456 e. The first kappa shape index (κ1) is 11.8. The maximum Gasteiger partial charge on any atom is 0.287 e. The van der Waals surface area contributed by atoms with Crippen molar-refractivity contribution in [3.05, 3.63) is 23.7 Å². The summed E-state index contributed by atoms with van der Waals surface area (Å²) in [5.41, 5.74) is 0. The van der Waals surface area contributed by atoms with E-state index in [1.54, 1.807) is 19.1 Å². The van der Waals surface area contributed by atoms with E-state index in [2.05, 4.69) is 5.32 Å². The second-order valence-corrected chi connectivity index (χ2v) is 3.65. The van der Waals surface area contributed by atoms with Crippen molar-refractivity contribution in [1.29, 1.82) is 0 Å². The highest BCUT2D eigenvalue weighted by atomic mass is 16.3. The van der Waals surface area contributed by atoms with Crippen LogP contribution in [0.4, 0.5) is 0 Å². The number of furan rings is 1. The van der Waals surface area contributed by atoms with E-state index >= 15 is 0 Å². The van der Waals surface area contributed by atoms with E-state index in [0.29, 0.717) is 12.2 Å². The lowest BCUT2D eigenvalue weighted by Gasteiger charge is -2.11. The standard InChI is InChI=1S/C11H17NO3/c1-8(4-3-7-13)12-11(14)10-6-5-9(2)15-10/h5-6,8,13H,3-4,7H2,1-2H3,(H,12,14). The number of aliphatic hydroxyl groups is 1. The molecule has 1 heterocycles. The molecule has 1 amide bonds. The van der Waals surface area contributed by atoms with Crippen LogP contribution in [0.1, 0.15) is 36.1 Å². The van der Waals surface area contributed by atoms with Crippen molar-refractivity contribution in [3.8, 4) is 0 Å². The van der Waals surface area contributed by atoms with Gasteiger partial charge in [0, 0.05) is 12.6 Å². The fourth-order valence-electron chi connectivity index (χ4n) is 1.32. The Morgan fingerprint density at radius 1 is 1.60 bits per heavy atom. The molecule has 1 atom stereocenters. The molecule has 0 spiro atoms. The molecule has 1 aromatic rings. The van der Waals surface area contributed by atoms with Crippen LogP contribution in [0.2, 0.25) is 0 Å². The largest absolute Gasteiger partial charge is 0.456 e. The first-order valence-corrected chi connectivity index (χ1v) is 5.11. The molecule has 4 heteroatoms. The van der Waals surface area contributed by atoms with Crippen LogP contribution in [-0.4, -0.2) is 23.7 Å². The molecule has 0 bridgehead atoms. The molecule has 2 N–H and O–H groups in total. The van der Waals surface area contributed by atoms with E-state index in [4.69, 9.17) is 9.52 Å². The molecular weight excluding hydrogens is 194 g/mol. The number of aliphatic hydroxyl groups excluding tert-OH is 1. The van der Waals surface area contributed by atoms with Gasteiger partial charge in [0.2, 0.25) is 0 Å². The van der Waals surface area contributed by atoms with Crippen molar-refractivity contribution in [2.75, 3.05) is 6.61 Å². The first-order chi connectivity index (χ1) is 7.13.